The number of rotatable bonds is 7. The minimum atomic E-state index is -0.517. The molecule has 0 unspecified atom stereocenters. The highest BCUT2D eigenvalue weighted by molar-refractivity contribution is 7.15. The number of ether oxygens (including phenoxy) is 1. The van der Waals surface area contributed by atoms with Gasteiger partial charge in [0.25, 0.3) is 5.91 Å². The van der Waals surface area contributed by atoms with Crippen LogP contribution >= 0.6 is 11.3 Å². The average Bonchev–Trinajstić information content (AvgIpc) is 3.44. The summed E-state index contributed by atoms with van der Waals surface area (Å²) in [5.74, 6) is -0.648. The number of para-hydroxylation sites is 3. The Morgan fingerprint density at radius 1 is 1.03 bits per heavy atom. The van der Waals surface area contributed by atoms with Crippen molar-refractivity contribution < 1.29 is 14.3 Å². The van der Waals surface area contributed by atoms with Gasteiger partial charge in [0.2, 0.25) is 0 Å². The van der Waals surface area contributed by atoms with Crippen LogP contribution in [0.25, 0.3) is 27.3 Å². The molecule has 10 heteroatoms. The summed E-state index contributed by atoms with van der Waals surface area (Å²) in [5.41, 5.74) is 4.20. The zero-order valence-electron chi connectivity index (χ0n) is 20.7. The molecule has 0 aliphatic carbocycles. The van der Waals surface area contributed by atoms with Crippen molar-refractivity contribution in [1.29, 1.82) is 0 Å². The number of carbonyl (C=O) groups excluding carboxylic acids is 2. The second-order valence-corrected chi connectivity index (χ2v) is 10.3. The van der Waals surface area contributed by atoms with Crippen molar-refractivity contribution in [3.8, 4) is 11.3 Å². The summed E-state index contributed by atoms with van der Waals surface area (Å²) in [6.45, 7) is 6.12. The van der Waals surface area contributed by atoms with Crippen molar-refractivity contribution in [3.05, 3.63) is 77.7 Å². The van der Waals surface area contributed by atoms with Gasteiger partial charge in [0.15, 0.2) is 4.96 Å². The predicted molar refractivity (Wildman–Crippen MR) is 144 cm³/mol. The van der Waals surface area contributed by atoms with Gasteiger partial charge in [-0.3, -0.25) is 19.0 Å². The normalized spacial score (nSPS) is 11.6. The van der Waals surface area contributed by atoms with Crippen LogP contribution in [0.5, 0.6) is 0 Å². The van der Waals surface area contributed by atoms with Gasteiger partial charge in [-0.05, 0) is 39.0 Å². The molecule has 0 saturated heterocycles. The van der Waals surface area contributed by atoms with E-state index in [-0.39, 0.29) is 24.1 Å². The van der Waals surface area contributed by atoms with Gasteiger partial charge in [-0.2, -0.15) is 0 Å². The number of anilines is 1. The van der Waals surface area contributed by atoms with E-state index < -0.39 is 5.60 Å². The highest BCUT2D eigenvalue weighted by Gasteiger charge is 2.18. The summed E-state index contributed by atoms with van der Waals surface area (Å²) in [5, 5.41) is 8.09. The molecular formula is C27H26N6O3S. The lowest BCUT2D eigenvalue weighted by atomic mass is 10.1. The number of hydrogen-bond acceptors (Lipinski definition) is 8. The number of fused-ring (bicyclic) bond motifs is 2. The number of nitrogens with zero attached hydrogens (tertiary/aromatic N) is 4. The number of amides is 1. The minimum absolute atomic E-state index is 0.114. The number of benzene rings is 2. The first-order valence-electron chi connectivity index (χ1n) is 11.8. The Hall–Kier alpha value is -4.15. The number of imidazole rings is 1. The maximum atomic E-state index is 13.0. The Kier molecular flexibility index (Phi) is 6.68. The van der Waals surface area contributed by atoms with E-state index in [1.807, 2.05) is 85.3 Å². The molecule has 2 aromatic carbocycles. The van der Waals surface area contributed by atoms with Crippen molar-refractivity contribution >= 4 is 44.9 Å². The molecule has 0 aliphatic heterocycles. The fourth-order valence-corrected chi connectivity index (χ4v) is 4.70. The molecular weight excluding hydrogens is 488 g/mol. The van der Waals surface area contributed by atoms with Crippen LogP contribution < -0.4 is 10.6 Å². The van der Waals surface area contributed by atoms with Gasteiger partial charge in [-0.15, -0.1) is 11.3 Å². The molecule has 1 amide bonds. The van der Waals surface area contributed by atoms with Gasteiger partial charge in [0.05, 0.1) is 35.2 Å². The van der Waals surface area contributed by atoms with Gasteiger partial charge in [-0.1, -0.05) is 30.3 Å². The second-order valence-electron chi connectivity index (χ2n) is 9.44. The number of hydrogen-bond donors (Lipinski definition) is 2. The van der Waals surface area contributed by atoms with Crippen LogP contribution in [-0.2, 0) is 16.1 Å². The Morgan fingerprint density at radius 2 is 1.78 bits per heavy atom. The van der Waals surface area contributed by atoms with Crippen LogP contribution in [0.1, 0.15) is 37.0 Å². The topological polar surface area (TPSA) is 111 Å². The first kappa shape index (κ1) is 24.5. The first-order valence-corrected chi connectivity index (χ1v) is 12.7. The fraction of sp³-hybridized carbons (Fsp3) is 0.222. The third-order valence-corrected chi connectivity index (χ3v) is 6.30. The molecule has 0 atom stereocenters. The number of nitrogens with one attached hydrogen (secondary N) is 2. The zero-order valence-corrected chi connectivity index (χ0v) is 21.5. The molecule has 3 aromatic heterocycles. The molecule has 5 aromatic rings. The Morgan fingerprint density at radius 3 is 2.59 bits per heavy atom. The number of thiazole rings is 1. The Balaban J connectivity index is 1.33. The van der Waals surface area contributed by atoms with E-state index in [2.05, 4.69) is 20.6 Å². The molecule has 0 fully saturated rings. The monoisotopic (exact) mass is 514 g/mol. The van der Waals surface area contributed by atoms with Crippen molar-refractivity contribution in [2.75, 3.05) is 11.9 Å². The largest absolute Gasteiger partial charge is 0.459 e. The van der Waals surface area contributed by atoms with E-state index >= 15 is 0 Å². The van der Waals surface area contributed by atoms with Gasteiger partial charge in [0, 0.05) is 29.4 Å². The standard InChI is InChI=1S/C27H26N6O3S/c1-27(2,3)36-24(34)14-28-12-17-16-37-26-32-23(15-33(17)26)18-8-4-5-9-19(18)31-25(35)22-13-29-20-10-6-7-11-21(20)30-22/h4-11,13,15-16,28H,12,14H2,1-3H3,(H,31,35). The molecule has 188 valence electrons. The van der Waals surface area contributed by atoms with E-state index in [0.717, 1.165) is 27.4 Å². The predicted octanol–water partition coefficient (Wildman–Crippen LogP) is 4.69. The van der Waals surface area contributed by atoms with Crippen LogP contribution in [0.2, 0.25) is 0 Å². The molecule has 5 rings (SSSR count). The highest BCUT2D eigenvalue weighted by Crippen LogP contribution is 2.30. The summed E-state index contributed by atoms with van der Waals surface area (Å²) < 4.78 is 7.33. The summed E-state index contributed by atoms with van der Waals surface area (Å²) in [7, 11) is 0. The van der Waals surface area contributed by atoms with Gasteiger partial charge in [-0.25, -0.2) is 9.97 Å². The lowest BCUT2D eigenvalue weighted by Crippen LogP contribution is -2.31. The zero-order chi connectivity index (χ0) is 26.0. The molecule has 3 heterocycles. The second kappa shape index (κ2) is 10.1. The van der Waals surface area contributed by atoms with Crippen LogP contribution in [0.4, 0.5) is 5.69 Å². The SMILES string of the molecule is CC(C)(C)OC(=O)CNCc1csc2nc(-c3ccccc3NC(=O)c3cnc4ccccc4n3)cn12. The summed E-state index contributed by atoms with van der Waals surface area (Å²) in [6, 6.07) is 14.9. The minimum Gasteiger partial charge on any atom is -0.459 e. The van der Waals surface area contributed by atoms with Gasteiger partial charge < -0.3 is 15.4 Å². The summed E-state index contributed by atoms with van der Waals surface area (Å²) in [6.07, 6.45) is 3.40. The van der Waals surface area contributed by atoms with E-state index in [1.54, 1.807) is 0 Å². The van der Waals surface area contributed by atoms with E-state index in [9.17, 15) is 9.59 Å². The average molecular weight is 515 g/mol. The van der Waals surface area contributed by atoms with E-state index in [0.29, 0.717) is 17.7 Å². The van der Waals surface area contributed by atoms with Crippen LogP contribution in [0.3, 0.4) is 0 Å². The number of esters is 1. The Labute approximate surface area is 217 Å². The van der Waals surface area contributed by atoms with Gasteiger partial charge in [0.1, 0.15) is 11.3 Å². The molecule has 0 bridgehead atoms. The third kappa shape index (κ3) is 5.65. The number of carbonyl (C=O) groups is 2. The summed E-state index contributed by atoms with van der Waals surface area (Å²) in [4.78, 5) is 39.3. The van der Waals surface area contributed by atoms with Crippen molar-refractivity contribution in [2.24, 2.45) is 0 Å². The van der Waals surface area contributed by atoms with E-state index in [1.165, 1.54) is 17.5 Å². The Bertz CT molecular complexity index is 1600. The van der Waals surface area contributed by atoms with Crippen LogP contribution in [-0.4, -0.2) is 43.4 Å². The first-order chi connectivity index (χ1) is 17.8. The molecule has 0 spiro atoms. The van der Waals surface area contributed by atoms with Crippen molar-refractivity contribution in [2.45, 2.75) is 32.9 Å². The smallest absolute Gasteiger partial charge is 0.320 e. The molecule has 37 heavy (non-hydrogen) atoms. The lowest BCUT2D eigenvalue weighted by Gasteiger charge is -2.19. The maximum Gasteiger partial charge on any atom is 0.320 e. The molecule has 0 radical (unpaired) electrons. The number of aromatic nitrogens is 4. The van der Waals surface area contributed by atoms with Crippen molar-refractivity contribution in [1.82, 2.24) is 24.7 Å². The highest BCUT2D eigenvalue weighted by atomic mass is 32.1. The lowest BCUT2D eigenvalue weighted by molar-refractivity contribution is -0.153. The van der Waals surface area contributed by atoms with Crippen LogP contribution in [0.15, 0.2) is 66.3 Å². The molecule has 0 saturated carbocycles. The van der Waals surface area contributed by atoms with Crippen LogP contribution in [0, 0.1) is 0 Å². The summed E-state index contributed by atoms with van der Waals surface area (Å²) >= 11 is 1.51. The van der Waals surface area contributed by atoms with Crippen molar-refractivity contribution in [3.63, 3.8) is 0 Å². The van der Waals surface area contributed by atoms with Gasteiger partial charge >= 0.3 is 5.97 Å². The molecule has 9 nitrogen and oxygen atoms in total. The van der Waals surface area contributed by atoms with E-state index in [4.69, 9.17) is 9.72 Å². The third-order valence-electron chi connectivity index (χ3n) is 5.41. The molecule has 2 N–H and O–H groups in total. The quantitative estimate of drug-likeness (QED) is 0.303. The fourth-order valence-electron chi connectivity index (χ4n) is 3.82. The molecule has 0 aliphatic rings. The maximum absolute atomic E-state index is 13.0.